The maximum Gasteiger partial charge on any atom is 0.133 e. The Bertz CT molecular complexity index is 1410. The van der Waals surface area contributed by atoms with Crippen molar-refractivity contribution in [3.05, 3.63) is 108 Å². The monoisotopic (exact) mass is 437 g/mol. The van der Waals surface area contributed by atoms with E-state index in [4.69, 9.17) is 5.73 Å². The number of halogens is 1. The van der Waals surface area contributed by atoms with Crippen LogP contribution in [0.25, 0.3) is 22.0 Å². The number of anilines is 2. The second-order valence-corrected chi connectivity index (χ2v) is 7.97. The lowest BCUT2D eigenvalue weighted by Crippen LogP contribution is -2.16. The molecule has 164 valence electrons. The second-order valence-electron chi connectivity index (χ2n) is 7.97. The molecule has 0 aliphatic carbocycles. The maximum atomic E-state index is 15.1. The van der Waals surface area contributed by atoms with Gasteiger partial charge in [0.05, 0.1) is 11.9 Å². The van der Waals surface area contributed by atoms with E-state index in [1.807, 2.05) is 66.7 Å². The van der Waals surface area contributed by atoms with Crippen molar-refractivity contribution >= 4 is 22.3 Å². The zero-order valence-corrected chi connectivity index (χ0v) is 18.2. The van der Waals surface area contributed by atoms with Crippen LogP contribution in [0, 0.1) is 5.82 Å². The highest BCUT2D eigenvalue weighted by Crippen LogP contribution is 2.31. The van der Waals surface area contributed by atoms with Crippen molar-refractivity contribution in [2.75, 3.05) is 11.1 Å². The van der Waals surface area contributed by atoms with Crippen molar-refractivity contribution in [2.24, 2.45) is 0 Å². The highest BCUT2D eigenvalue weighted by molar-refractivity contribution is 5.92. The van der Waals surface area contributed by atoms with E-state index < -0.39 is 6.04 Å². The number of imidazole rings is 1. The molecule has 5 rings (SSSR count). The van der Waals surface area contributed by atoms with Gasteiger partial charge < -0.3 is 16.0 Å². The zero-order valence-electron chi connectivity index (χ0n) is 18.2. The van der Waals surface area contributed by atoms with Crippen LogP contribution in [0.5, 0.6) is 0 Å². The zero-order chi connectivity index (χ0) is 22.8. The Morgan fingerprint density at radius 1 is 1.00 bits per heavy atom. The minimum absolute atomic E-state index is 0.281. The predicted octanol–water partition coefficient (Wildman–Crippen LogP) is 6.11. The fourth-order valence-electron chi connectivity index (χ4n) is 4.03. The Morgan fingerprint density at radius 3 is 2.67 bits per heavy atom. The molecule has 0 unspecified atom stereocenters. The third-order valence-corrected chi connectivity index (χ3v) is 5.84. The van der Waals surface area contributed by atoms with Gasteiger partial charge in [0.2, 0.25) is 0 Å². The van der Waals surface area contributed by atoms with Gasteiger partial charge in [-0.3, -0.25) is 0 Å². The first-order chi connectivity index (χ1) is 16.1. The summed E-state index contributed by atoms with van der Waals surface area (Å²) < 4.78 is 15.1. The quantitative estimate of drug-likeness (QED) is 0.299. The number of H-pyrrole nitrogens is 1. The first-order valence-electron chi connectivity index (χ1n) is 10.9. The average Bonchev–Trinajstić information content (AvgIpc) is 3.34. The Morgan fingerprint density at radius 2 is 1.85 bits per heavy atom. The number of aryl methyl sites for hydroxylation is 1. The largest absolute Gasteiger partial charge is 0.383 e. The number of benzene rings is 3. The molecule has 2 heterocycles. The number of nitrogen functional groups attached to an aromatic ring is 1. The van der Waals surface area contributed by atoms with E-state index >= 15 is 4.39 Å². The molecule has 0 radical (unpaired) electrons. The summed E-state index contributed by atoms with van der Waals surface area (Å²) in [7, 11) is 0. The van der Waals surface area contributed by atoms with Crippen LogP contribution in [0.3, 0.4) is 0 Å². The van der Waals surface area contributed by atoms with E-state index in [1.165, 1.54) is 6.07 Å². The van der Waals surface area contributed by atoms with Gasteiger partial charge in [0, 0.05) is 22.8 Å². The highest BCUT2D eigenvalue weighted by Gasteiger charge is 2.22. The fourth-order valence-corrected chi connectivity index (χ4v) is 4.03. The smallest absolute Gasteiger partial charge is 0.133 e. The summed E-state index contributed by atoms with van der Waals surface area (Å²) in [6.07, 6.45) is 4.28. The van der Waals surface area contributed by atoms with Gasteiger partial charge in [-0.1, -0.05) is 49.4 Å². The number of pyridine rings is 1. The number of nitrogens with two attached hydrogens (primary N) is 1. The van der Waals surface area contributed by atoms with E-state index in [-0.39, 0.29) is 5.82 Å². The first kappa shape index (κ1) is 20.7. The summed E-state index contributed by atoms with van der Waals surface area (Å²) in [4.78, 5) is 12.2. The molecule has 0 fully saturated rings. The topological polar surface area (TPSA) is 79.6 Å². The number of aromatic nitrogens is 3. The molecule has 0 bridgehead atoms. The third kappa shape index (κ3) is 4.15. The summed E-state index contributed by atoms with van der Waals surface area (Å²) in [6.45, 7) is 2.06. The molecule has 4 N–H and O–H groups in total. The maximum absolute atomic E-state index is 15.1. The van der Waals surface area contributed by atoms with E-state index in [0.29, 0.717) is 17.2 Å². The van der Waals surface area contributed by atoms with Gasteiger partial charge in [-0.25, -0.2) is 14.4 Å². The summed E-state index contributed by atoms with van der Waals surface area (Å²) in [5.41, 5.74) is 10.3. The van der Waals surface area contributed by atoms with Gasteiger partial charge in [0.1, 0.15) is 23.5 Å². The van der Waals surface area contributed by atoms with Crippen molar-refractivity contribution in [3.8, 4) is 11.3 Å². The number of hydrogen-bond donors (Lipinski definition) is 3. The Kier molecular flexibility index (Phi) is 5.48. The van der Waals surface area contributed by atoms with Crippen LogP contribution in [0.4, 0.5) is 15.9 Å². The summed E-state index contributed by atoms with van der Waals surface area (Å²) >= 11 is 0. The van der Waals surface area contributed by atoms with Crippen LogP contribution in [-0.4, -0.2) is 15.0 Å². The molecule has 0 amide bonds. The summed E-state index contributed by atoms with van der Waals surface area (Å²) in [6, 6.07) is 22.4. The first-order valence-corrected chi connectivity index (χ1v) is 10.9. The molecular weight excluding hydrogens is 413 g/mol. The third-order valence-electron chi connectivity index (χ3n) is 5.84. The van der Waals surface area contributed by atoms with Crippen LogP contribution in [0.2, 0.25) is 0 Å². The summed E-state index contributed by atoms with van der Waals surface area (Å²) in [5.74, 6) is 0.836. The second kappa shape index (κ2) is 8.74. The number of aromatic amines is 1. The summed E-state index contributed by atoms with van der Waals surface area (Å²) in [5, 5.41) is 5.32. The number of fused-ring (bicyclic) bond motifs is 1. The molecule has 2 aromatic heterocycles. The lowest BCUT2D eigenvalue weighted by molar-refractivity contribution is 0.600. The average molecular weight is 438 g/mol. The molecular formula is C27H24FN5. The normalized spacial score (nSPS) is 12.1. The number of nitrogens with zero attached hydrogens (tertiary/aromatic N) is 2. The Balaban J connectivity index is 1.59. The highest BCUT2D eigenvalue weighted by atomic mass is 19.1. The lowest BCUT2D eigenvalue weighted by Gasteiger charge is -2.20. The standard InChI is InChI=1S/C27H24FN5/c1-2-17-8-11-23(28)22(14-17)25(27-31-16-24(33-27)18-6-4-3-5-7-18)32-20-9-10-21-19(15-20)12-13-30-26(21)29/h3-16,25,32H,2H2,1H3,(H2,29,30)(H,31,33)/t25-/m1/s1. The van der Waals surface area contributed by atoms with Crippen molar-refractivity contribution < 1.29 is 4.39 Å². The van der Waals surface area contributed by atoms with Gasteiger partial charge in [-0.2, -0.15) is 0 Å². The minimum Gasteiger partial charge on any atom is -0.383 e. The molecule has 1 atom stereocenters. The van der Waals surface area contributed by atoms with Gasteiger partial charge >= 0.3 is 0 Å². The molecule has 0 saturated heterocycles. The molecule has 6 heteroatoms. The van der Waals surface area contributed by atoms with Crippen molar-refractivity contribution in [2.45, 2.75) is 19.4 Å². The molecule has 3 aromatic carbocycles. The van der Waals surface area contributed by atoms with E-state index in [0.717, 1.165) is 39.7 Å². The van der Waals surface area contributed by atoms with Crippen molar-refractivity contribution in [1.82, 2.24) is 15.0 Å². The van der Waals surface area contributed by atoms with Gasteiger partial charge in [-0.15, -0.1) is 0 Å². The fraction of sp³-hybridized carbons (Fsp3) is 0.111. The molecule has 0 saturated carbocycles. The van der Waals surface area contributed by atoms with Crippen molar-refractivity contribution in [1.29, 1.82) is 0 Å². The van der Waals surface area contributed by atoms with Crippen LogP contribution in [0.15, 0.2) is 85.2 Å². The van der Waals surface area contributed by atoms with Gasteiger partial charge in [-0.05, 0) is 53.3 Å². The lowest BCUT2D eigenvalue weighted by atomic mass is 10.0. The molecule has 0 spiro atoms. The minimum atomic E-state index is -0.509. The number of hydrogen-bond acceptors (Lipinski definition) is 4. The Hall–Kier alpha value is -4.19. The molecule has 0 aliphatic rings. The van der Waals surface area contributed by atoms with Gasteiger partial charge in [0.25, 0.3) is 0 Å². The van der Waals surface area contributed by atoms with Crippen LogP contribution in [-0.2, 0) is 6.42 Å². The molecule has 33 heavy (non-hydrogen) atoms. The van der Waals surface area contributed by atoms with Gasteiger partial charge in [0.15, 0.2) is 0 Å². The van der Waals surface area contributed by atoms with Crippen LogP contribution in [0.1, 0.15) is 29.9 Å². The van der Waals surface area contributed by atoms with E-state index in [9.17, 15) is 0 Å². The number of rotatable bonds is 6. The van der Waals surface area contributed by atoms with Crippen LogP contribution < -0.4 is 11.1 Å². The Labute approximate surface area is 191 Å². The SMILES string of the molecule is CCc1ccc(F)c([C@@H](Nc2ccc3c(N)nccc3c2)c2ncc(-c3ccccc3)[nH]2)c1. The predicted molar refractivity (Wildman–Crippen MR) is 131 cm³/mol. The van der Waals surface area contributed by atoms with Crippen LogP contribution >= 0.6 is 0 Å². The van der Waals surface area contributed by atoms with Crippen molar-refractivity contribution in [3.63, 3.8) is 0 Å². The van der Waals surface area contributed by atoms with E-state index in [2.05, 4.69) is 27.2 Å². The van der Waals surface area contributed by atoms with E-state index in [1.54, 1.807) is 12.4 Å². The molecule has 0 aliphatic heterocycles. The molecule has 5 aromatic rings. The molecule has 5 nitrogen and oxygen atoms in total. The number of nitrogens with one attached hydrogen (secondary N) is 2.